The van der Waals surface area contributed by atoms with Crippen LogP contribution >= 0.6 is 0 Å². The molecule has 0 aliphatic heterocycles. The van der Waals surface area contributed by atoms with Gasteiger partial charge in [0.2, 0.25) is 0 Å². The van der Waals surface area contributed by atoms with E-state index < -0.39 is 5.69 Å². The van der Waals surface area contributed by atoms with Gasteiger partial charge in [-0.3, -0.25) is 0 Å². The van der Waals surface area contributed by atoms with Gasteiger partial charge < -0.3 is 15.1 Å². The maximum Gasteiger partial charge on any atom is 1.00 e. The van der Waals surface area contributed by atoms with Crippen molar-refractivity contribution in [2.75, 3.05) is 0 Å². The fourth-order valence-electron chi connectivity index (χ4n) is 1.07. The summed E-state index contributed by atoms with van der Waals surface area (Å²) in [7, 11) is 0. The summed E-state index contributed by atoms with van der Waals surface area (Å²) in [6.45, 7) is 0. The molecule has 0 N–H and O–H groups in total. The van der Waals surface area contributed by atoms with E-state index in [9.17, 15) is 15.2 Å². The van der Waals surface area contributed by atoms with E-state index in [1.54, 1.807) is 12.1 Å². The van der Waals surface area contributed by atoms with Crippen LogP contribution in [0.3, 0.4) is 0 Å². The summed E-state index contributed by atoms with van der Waals surface area (Å²) in [5, 5.41) is 25.0. The fraction of sp³-hybridized carbons (Fsp3) is 0. The number of rotatable bonds is 0. The maximum atomic E-state index is 11.1. The van der Waals surface area contributed by atoms with Crippen LogP contribution in [0.2, 0.25) is 0 Å². The molecule has 1 heterocycles. The molecule has 0 saturated carbocycles. The molecule has 0 amide bonds. The quantitative estimate of drug-likeness (QED) is 0.250. The molecule has 6 nitrogen and oxygen atoms in total. The van der Waals surface area contributed by atoms with Crippen LogP contribution in [0.15, 0.2) is 29.1 Å². The van der Waals surface area contributed by atoms with Gasteiger partial charge >= 0.3 is 35.2 Å². The molecule has 1 aromatic heterocycles. The molecule has 0 bridgehead atoms. The third kappa shape index (κ3) is 1.59. The van der Waals surface area contributed by atoms with Gasteiger partial charge in [-0.15, -0.1) is 0 Å². The van der Waals surface area contributed by atoms with E-state index in [0.29, 0.717) is 0 Å². The standard InChI is InChI=1S/C7H4N3O3.Na/c11-7-8-10(13)6-4-2-1-3-5(6)9(7)12;/h1-4H;/q-1;+1. The molecule has 1 aromatic carbocycles. The van der Waals surface area contributed by atoms with Gasteiger partial charge in [0.25, 0.3) is 5.52 Å². The van der Waals surface area contributed by atoms with Crippen LogP contribution < -0.4 is 40.1 Å². The van der Waals surface area contributed by atoms with Gasteiger partial charge in [-0.2, -0.15) is 0 Å². The molecule has 0 aliphatic rings. The van der Waals surface area contributed by atoms with Crippen LogP contribution in [0.4, 0.5) is 0 Å². The van der Waals surface area contributed by atoms with Crippen molar-refractivity contribution in [3.63, 3.8) is 0 Å². The van der Waals surface area contributed by atoms with Crippen LogP contribution in [0.25, 0.3) is 11.0 Å². The first-order valence-corrected chi connectivity index (χ1v) is 3.49. The Labute approximate surface area is 100 Å². The SMILES string of the molecule is O=c1n[n+]([O-])c2ccccc2n1[O-].[Na+]. The van der Waals surface area contributed by atoms with E-state index in [4.69, 9.17) is 0 Å². The monoisotopic (exact) mass is 201 g/mol. The molecule has 7 heteroatoms. The Hall–Kier alpha value is -1.11. The second-order valence-corrected chi connectivity index (χ2v) is 2.44. The van der Waals surface area contributed by atoms with Crippen molar-refractivity contribution in [1.82, 2.24) is 9.83 Å². The van der Waals surface area contributed by atoms with Crippen molar-refractivity contribution in [3.8, 4) is 0 Å². The Morgan fingerprint density at radius 1 is 1.36 bits per heavy atom. The Kier molecular flexibility index (Phi) is 3.10. The second-order valence-electron chi connectivity index (χ2n) is 2.44. The summed E-state index contributed by atoms with van der Waals surface area (Å²) in [4.78, 5) is 10.9. The van der Waals surface area contributed by atoms with Crippen LogP contribution in [0, 0.1) is 10.4 Å². The first-order valence-electron chi connectivity index (χ1n) is 3.49. The first kappa shape index (κ1) is 11.0. The molecule has 14 heavy (non-hydrogen) atoms. The van der Waals surface area contributed by atoms with Gasteiger partial charge in [0.05, 0.1) is 5.10 Å². The summed E-state index contributed by atoms with van der Waals surface area (Å²) in [6.07, 6.45) is 0. The predicted molar refractivity (Wildman–Crippen MR) is 43.7 cm³/mol. The summed E-state index contributed by atoms with van der Waals surface area (Å²) in [5.41, 5.74) is -0.997. The van der Waals surface area contributed by atoms with E-state index in [1.165, 1.54) is 12.1 Å². The van der Waals surface area contributed by atoms with Gasteiger partial charge in [-0.1, -0.05) is 12.1 Å². The summed E-state index contributed by atoms with van der Waals surface area (Å²) >= 11 is 0. The van der Waals surface area contributed by atoms with Crippen molar-refractivity contribution in [2.24, 2.45) is 0 Å². The Balaban J connectivity index is 0.000000980. The normalized spacial score (nSPS) is 9.71. The maximum absolute atomic E-state index is 11.1. The van der Waals surface area contributed by atoms with Crippen molar-refractivity contribution < 1.29 is 34.4 Å². The van der Waals surface area contributed by atoms with Crippen molar-refractivity contribution >= 4 is 11.0 Å². The Morgan fingerprint density at radius 3 is 2.71 bits per heavy atom. The predicted octanol–water partition coefficient (Wildman–Crippen LogP) is -3.62. The van der Waals surface area contributed by atoms with Gasteiger partial charge in [0, 0.05) is 6.07 Å². The number of hydrogen-bond acceptors (Lipinski definition) is 4. The average molecular weight is 201 g/mol. The van der Waals surface area contributed by atoms with Crippen molar-refractivity contribution in [2.45, 2.75) is 0 Å². The minimum absolute atomic E-state index is 0. The minimum atomic E-state index is -1.10. The number of hydrogen-bond donors (Lipinski definition) is 0. The second kappa shape index (κ2) is 3.95. The number of para-hydroxylation sites is 2. The van der Waals surface area contributed by atoms with Crippen molar-refractivity contribution in [1.29, 1.82) is 0 Å². The zero-order chi connectivity index (χ0) is 9.42. The number of benzene rings is 1. The summed E-state index contributed by atoms with van der Waals surface area (Å²) in [6, 6.07) is 5.96. The van der Waals surface area contributed by atoms with E-state index in [-0.39, 0.29) is 50.2 Å². The topological polar surface area (TPSA) is 84.9 Å². The molecule has 0 aliphatic carbocycles. The Morgan fingerprint density at radius 2 is 2.00 bits per heavy atom. The van der Waals surface area contributed by atoms with E-state index in [2.05, 4.69) is 5.10 Å². The Bertz CT molecular complexity index is 525. The van der Waals surface area contributed by atoms with E-state index >= 15 is 0 Å². The zero-order valence-electron chi connectivity index (χ0n) is 7.38. The zero-order valence-corrected chi connectivity index (χ0v) is 9.38. The van der Waals surface area contributed by atoms with Gasteiger partial charge in [0.1, 0.15) is 5.52 Å². The number of nitrogens with zero attached hydrogens (tertiary/aromatic N) is 3. The molecular formula is C7H4N3NaO3. The van der Waals surface area contributed by atoms with Crippen LogP contribution in [0.5, 0.6) is 0 Å². The third-order valence-electron chi connectivity index (χ3n) is 1.66. The molecule has 0 unspecified atom stereocenters. The van der Waals surface area contributed by atoms with E-state index in [1.807, 2.05) is 0 Å². The molecule has 0 atom stereocenters. The molecule has 0 fully saturated rings. The third-order valence-corrected chi connectivity index (χ3v) is 1.66. The van der Waals surface area contributed by atoms with Crippen LogP contribution in [0.1, 0.15) is 0 Å². The largest absolute Gasteiger partial charge is 1.00 e. The van der Waals surface area contributed by atoms with Gasteiger partial charge in [0.15, 0.2) is 0 Å². The minimum Gasteiger partial charge on any atom is -0.802 e. The summed E-state index contributed by atoms with van der Waals surface area (Å²) < 4.78 is 0.0870. The summed E-state index contributed by atoms with van der Waals surface area (Å²) in [5.74, 6) is 0. The average Bonchev–Trinajstić information content (AvgIpc) is 2.15. The van der Waals surface area contributed by atoms with Crippen molar-refractivity contribution in [3.05, 3.63) is 45.2 Å². The van der Waals surface area contributed by atoms with Crippen LogP contribution in [-0.4, -0.2) is 9.83 Å². The molecule has 0 saturated heterocycles. The number of fused-ring (bicyclic) bond motifs is 1. The van der Waals surface area contributed by atoms with E-state index in [0.717, 1.165) is 0 Å². The molecular weight excluding hydrogens is 197 g/mol. The molecule has 2 aromatic rings. The van der Waals surface area contributed by atoms with Crippen LogP contribution in [-0.2, 0) is 0 Å². The molecule has 0 radical (unpaired) electrons. The molecule has 66 valence electrons. The molecule has 2 rings (SSSR count). The fourth-order valence-corrected chi connectivity index (χ4v) is 1.07. The smallest absolute Gasteiger partial charge is 0.802 e. The first-order chi connectivity index (χ1) is 6.20. The molecule has 0 spiro atoms. The van der Waals surface area contributed by atoms with Gasteiger partial charge in [-0.25, -0.2) is 4.79 Å². The number of aromatic nitrogens is 3. The van der Waals surface area contributed by atoms with Gasteiger partial charge in [-0.05, 0) is 10.9 Å².